The van der Waals surface area contributed by atoms with E-state index >= 15 is 0 Å². The Kier molecular flexibility index (Phi) is 5.49. The van der Waals surface area contributed by atoms with Crippen molar-refractivity contribution < 1.29 is 13.2 Å². The molecule has 1 aromatic heterocycles. The third-order valence-electron chi connectivity index (χ3n) is 2.27. The molecule has 1 amide bonds. The molecule has 0 aliphatic carbocycles. The number of sulfonamides is 1. The van der Waals surface area contributed by atoms with Crippen molar-refractivity contribution in [2.45, 2.75) is 20.3 Å². The largest absolute Gasteiger partial charge is 0.349 e. The summed E-state index contributed by atoms with van der Waals surface area (Å²) in [5.41, 5.74) is 1.23. The smallest absolute Gasteiger partial charge is 0.271 e. The Morgan fingerprint density at radius 2 is 2.11 bits per heavy atom. The molecular weight excluding hydrogens is 268 g/mol. The van der Waals surface area contributed by atoms with E-state index in [1.54, 1.807) is 6.07 Å². The Morgan fingerprint density at radius 1 is 1.42 bits per heavy atom. The topological polar surface area (TPSA) is 104 Å². The summed E-state index contributed by atoms with van der Waals surface area (Å²) in [7, 11) is -3.22. The number of nitrogens with one attached hydrogen (secondary N) is 3. The molecule has 0 saturated carbocycles. The number of H-pyrrole nitrogens is 1. The van der Waals surface area contributed by atoms with Gasteiger partial charge in [-0.3, -0.25) is 9.89 Å². The van der Waals surface area contributed by atoms with Crippen LogP contribution in [0.5, 0.6) is 0 Å². The SMILES string of the molecule is CC(C)Cc1cc(C(=O)NCCNS(C)(=O)=O)n[nH]1. The Balaban J connectivity index is 2.39. The molecule has 7 nitrogen and oxygen atoms in total. The van der Waals surface area contributed by atoms with Crippen molar-refractivity contribution in [3.05, 3.63) is 17.5 Å². The van der Waals surface area contributed by atoms with Crippen LogP contribution in [-0.4, -0.2) is 43.9 Å². The number of carbonyl (C=O) groups excluding carboxylic acids is 1. The maximum absolute atomic E-state index is 11.7. The lowest BCUT2D eigenvalue weighted by atomic mass is 10.1. The molecule has 1 heterocycles. The first kappa shape index (κ1) is 15.6. The summed E-state index contributed by atoms with van der Waals surface area (Å²) in [6, 6.07) is 1.71. The molecule has 8 heteroatoms. The highest BCUT2D eigenvalue weighted by atomic mass is 32.2. The Hall–Kier alpha value is -1.41. The van der Waals surface area contributed by atoms with Crippen LogP contribution in [-0.2, 0) is 16.4 Å². The monoisotopic (exact) mass is 288 g/mol. The van der Waals surface area contributed by atoms with E-state index in [4.69, 9.17) is 0 Å². The second-order valence-electron chi connectivity index (χ2n) is 4.80. The minimum atomic E-state index is -3.22. The van der Waals surface area contributed by atoms with Gasteiger partial charge in [0.1, 0.15) is 5.69 Å². The standard InChI is InChI=1S/C11H20N4O3S/c1-8(2)6-9-7-10(15-14-9)11(16)12-4-5-13-19(3,17)18/h7-8,13H,4-6H2,1-3H3,(H,12,16)(H,14,15). The van der Waals surface area contributed by atoms with E-state index in [2.05, 4.69) is 34.1 Å². The molecule has 1 aromatic rings. The second kappa shape index (κ2) is 6.67. The van der Waals surface area contributed by atoms with E-state index in [1.165, 1.54) is 0 Å². The van der Waals surface area contributed by atoms with Gasteiger partial charge in [-0.2, -0.15) is 5.10 Å². The van der Waals surface area contributed by atoms with Gasteiger partial charge in [0, 0.05) is 18.8 Å². The van der Waals surface area contributed by atoms with E-state index in [1.807, 2.05) is 0 Å². The Morgan fingerprint density at radius 3 is 2.68 bits per heavy atom. The van der Waals surface area contributed by atoms with Gasteiger partial charge in [0.2, 0.25) is 10.0 Å². The van der Waals surface area contributed by atoms with Gasteiger partial charge < -0.3 is 5.32 Å². The summed E-state index contributed by atoms with van der Waals surface area (Å²) >= 11 is 0. The number of aromatic amines is 1. The highest BCUT2D eigenvalue weighted by Gasteiger charge is 2.10. The molecule has 0 aliphatic rings. The maximum atomic E-state index is 11.7. The van der Waals surface area contributed by atoms with Gasteiger partial charge >= 0.3 is 0 Å². The first-order chi connectivity index (χ1) is 8.78. The number of rotatable bonds is 7. The second-order valence-corrected chi connectivity index (χ2v) is 6.63. The van der Waals surface area contributed by atoms with Crippen LogP contribution in [0.15, 0.2) is 6.07 Å². The summed E-state index contributed by atoms with van der Waals surface area (Å²) in [5.74, 6) is 0.164. The molecule has 0 bridgehead atoms. The molecule has 0 atom stereocenters. The Labute approximate surface area is 113 Å². The Bertz CT molecular complexity index is 522. The molecule has 0 aliphatic heterocycles. The van der Waals surface area contributed by atoms with Crippen molar-refractivity contribution in [1.82, 2.24) is 20.2 Å². The average Bonchev–Trinajstić information content (AvgIpc) is 2.70. The molecule has 0 fully saturated rings. The minimum Gasteiger partial charge on any atom is -0.349 e. The third-order valence-corrected chi connectivity index (χ3v) is 3.00. The van der Waals surface area contributed by atoms with Crippen LogP contribution < -0.4 is 10.0 Å². The van der Waals surface area contributed by atoms with Crippen molar-refractivity contribution in [3.8, 4) is 0 Å². The summed E-state index contributed by atoms with van der Waals surface area (Å²) in [5, 5.41) is 9.32. The van der Waals surface area contributed by atoms with Crippen LogP contribution in [0.1, 0.15) is 30.0 Å². The number of aromatic nitrogens is 2. The minimum absolute atomic E-state index is 0.161. The van der Waals surface area contributed by atoms with Crippen molar-refractivity contribution in [1.29, 1.82) is 0 Å². The van der Waals surface area contributed by atoms with E-state index in [0.29, 0.717) is 11.6 Å². The number of amides is 1. The van der Waals surface area contributed by atoms with Gasteiger partial charge in [-0.25, -0.2) is 13.1 Å². The number of nitrogens with zero attached hydrogens (tertiary/aromatic N) is 1. The zero-order chi connectivity index (χ0) is 14.5. The lowest BCUT2D eigenvalue weighted by molar-refractivity contribution is 0.0949. The zero-order valence-electron chi connectivity index (χ0n) is 11.4. The fourth-order valence-electron chi connectivity index (χ4n) is 1.53. The molecule has 0 spiro atoms. The fraction of sp³-hybridized carbons (Fsp3) is 0.636. The van der Waals surface area contributed by atoms with Gasteiger partial charge in [0.15, 0.2) is 0 Å². The highest BCUT2D eigenvalue weighted by Crippen LogP contribution is 2.06. The molecule has 108 valence electrons. The first-order valence-corrected chi connectivity index (χ1v) is 7.94. The van der Waals surface area contributed by atoms with E-state index in [9.17, 15) is 13.2 Å². The number of carbonyl (C=O) groups is 1. The number of hydrogen-bond acceptors (Lipinski definition) is 4. The summed E-state index contributed by atoms with van der Waals surface area (Å²) < 4.78 is 23.9. The van der Waals surface area contributed by atoms with Crippen LogP contribution in [0.3, 0.4) is 0 Å². The first-order valence-electron chi connectivity index (χ1n) is 6.05. The van der Waals surface area contributed by atoms with E-state index in [0.717, 1.165) is 18.4 Å². The van der Waals surface area contributed by atoms with E-state index in [-0.39, 0.29) is 19.0 Å². The average molecular weight is 288 g/mol. The molecule has 0 radical (unpaired) electrons. The molecule has 3 N–H and O–H groups in total. The quantitative estimate of drug-likeness (QED) is 0.609. The molecule has 0 unspecified atom stereocenters. The van der Waals surface area contributed by atoms with Gasteiger partial charge in [-0.05, 0) is 18.4 Å². The zero-order valence-corrected chi connectivity index (χ0v) is 12.2. The predicted octanol–water partition coefficient (Wildman–Crippen LogP) is -0.113. The van der Waals surface area contributed by atoms with E-state index < -0.39 is 10.0 Å². The number of hydrogen-bond donors (Lipinski definition) is 3. The van der Waals surface area contributed by atoms with Crippen molar-refractivity contribution in [2.75, 3.05) is 19.3 Å². The van der Waals surface area contributed by atoms with Crippen molar-refractivity contribution >= 4 is 15.9 Å². The van der Waals surface area contributed by atoms with Crippen LogP contribution in [0.25, 0.3) is 0 Å². The summed E-state index contributed by atoms with van der Waals surface area (Å²) in [6.45, 7) is 4.54. The van der Waals surface area contributed by atoms with Gasteiger partial charge in [-0.1, -0.05) is 13.8 Å². The maximum Gasteiger partial charge on any atom is 0.271 e. The summed E-state index contributed by atoms with van der Waals surface area (Å²) in [4.78, 5) is 11.7. The van der Waals surface area contributed by atoms with Crippen LogP contribution in [0.2, 0.25) is 0 Å². The summed E-state index contributed by atoms with van der Waals surface area (Å²) in [6.07, 6.45) is 1.90. The van der Waals surface area contributed by atoms with Gasteiger partial charge in [-0.15, -0.1) is 0 Å². The van der Waals surface area contributed by atoms with Crippen LogP contribution >= 0.6 is 0 Å². The molecule has 0 aromatic carbocycles. The lowest BCUT2D eigenvalue weighted by Gasteiger charge is -2.03. The van der Waals surface area contributed by atoms with Crippen LogP contribution in [0, 0.1) is 5.92 Å². The fourth-order valence-corrected chi connectivity index (χ4v) is 2.00. The van der Waals surface area contributed by atoms with Gasteiger partial charge in [0.05, 0.1) is 6.26 Å². The third kappa shape index (κ3) is 6.35. The molecule has 0 saturated heterocycles. The normalized spacial score (nSPS) is 11.8. The van der Waals surface area contributed by atoms with Gasteiger partial charge in [0.25, 0.3) is 5.91 Å². The van der Waals surface area contributed by atoms with Crippen LogP contribution in [0.4, 0.5) is 0 Å². The molecule has 19 heavy (non-hydrogen) atoms. The highest BCUT2D eigenvalue weighted by molar-refractivity contribution is 7.88. The lowest BCUT2D eigenvalue weighted by Crippen LogP contribution is -2.34. The van der Waals surface area contributed by atoms with Crippen molar-refractivity contribution in [2.24, 2.45) is 5.92 Å². The van der Waals surface area contributed by atoms with Crippen molar-refractivity contribution in [3.63, 3.8) is 0 Å². The molecule has 1 rings (SSSR count). The molecular formula is C11H20N4O3S. The predicted molar refractivity (Wildman–Crippen MR) is 72.3 cm³/mol.